The second kappa shape index (κ2) is 13.3. The molecule has 0 heterocycles. The highest BCUT2D eigenvalue weighted by atomic mass is 79.9. The highest BCUT2D eigenvalue weighted by molar-refractivity contribution is 9.10. The minimum absolute atomic E-state index is 0.157. The summed E-state index contributed by atoms with van der Waals surface area (Å²) in [6.07, 6.45) is 0.416. The van der Waals surface area contributed by atoms with Gasteiger partial charge in [0.2, 0.25) is 5.91 Å². The van der Waals surface area contributed by atoms with E-state index >= 15 is 0 Å². The van der Waals surface area contributed by atoms with E-state index < -0.39 is 6.04 Å². The number of hydrogen-bond donors (Lipinski definition) is 1. The van der Waals surface area contributed by atoms with Crippen LogP contribution in [0.4, 0.5) is 0 Å². The number of aryl methyl sites for hydroxylation is 2. The van der Waals surface area contributed by atoms with Gasteiger partial charge in [0.05, 0.1) is 0 Å². The van der Waals surface area contributed by atoms with E-state index in [-0.39, 0.29) is 18.4 Å². The van der Waals surface area contributed by atoms with Crippen LogP contribution >= 0.6 is 15.9 Å². The van der Waals surface area contributed by atoms with E-state index in [2.05, 4.69) is 35.1 Å². The standard InChI is InChI=1S/C30H35BrN2O3/c1-21(2)18-32-30(35)28(17-24-11-6-5-7-12-24)33(19-25-13-9-8-10-22(25)3)29(34)20-36-26-14-15-27(31)23(4)16-26/h5-16,21,28H,17-20H2,1-4H3,(H,32,35)/t28-/m0/s1. The topological polar surface area (TPSA) is 58.6 Å². The summed E-state index contributed by atoms with van der Waals surface area (Å²) in [5, 5.41) is 3.05. The zero-order chi connectivity index (χ0) is 26.1. The van der Waals surface area contributed by atoms with Gasteiger partial charge in [-0.05, 0) is 60.2 Å². The molecule has 0 aliphatic carbocycles. The second-order valence-electron chi connectivity index (χ2n) is 9.49. The van der Waals surface area contributed by atoms with Crippen molar-refractivity contribution in [2.75, 3.05) is 13.2 Å². The molecule has 0 saturated heterocycles. The largest absolute Gasteiger partial charge is 0.484 e. The smallest absolute Gasteiger partial charge is 0.261 e. The highest BCUT2D eigenvalue weighted by Crippen LogP contribution is 2.22. The van der Waals surface area contributed by atoms with Crippen LogP contribution < -0.4 is 10.1 Å². The first-order chi connectivity index (χ1) is 17.2. The maximum Gasteiger partial charge on any atom is 0.261 e. The maximum absolute atomic E-state index is 13.7. The lowest BCUT2D eigenvalue weighted by molar-refractivity contribution is -0.142. The Morgan fingerprint density at radius 2 is 1.64 bits per heavy atom. The number of nitrogens with zero attached hydrogens (tertiary/aromatic N) is 1. The molecule has 36 heavy (non-hydrogen) atoms. The average molecular weight is 552 g/mol. The molecule has 3 aromatic carbocycles. The third-order valence-corrected chi connectivity index (χ3v) is 6.94. The number of carbonyl (C=O) groups excluding carboxylic acids is 2. The summed E-state index contributed by atoms with van der Waals surface area (Å²) in [5.41, 5.74) is 4.09. The summed E-state index contributed by atoms with van der Waals surface area (Å²) in [5.74, 6) is 0.521. The van der Waals surface area contributed by atoms with Crippen molar-refractivity contribution in [1.29, 1.82) is 0 Å². The Morgan fingerprint density at radius 3 is 2.31 bits per heavy atom. The minimum Gasteiger partial charge on any atom is -0.484 e. The average Bonchev–Trinajstić information content (AvgIpc) is 2.86. The van der Waals surface area contributed by atoms with Gasteiger partial charge in [-0.1, -0.05) is 84.4 Å². The first-order valence-electron chi connectivity index (χ1n) is 12.3. The number of halogens is 1. The molecule has 0 bridgehead atoms. The van der Waals surface area contributed by atoms with Crippen LogP contribution in [0.2, 0.25) is 0 Å². The molecule has 0 unspecified atom stereocenters. The zero-order valence-corrected chi connectivity index (χ0v) is 23.0. The van der Waals surface area contributed by atoms with Crippen LogP contribution in [0.25, 0.3) is 0 Å². The highest BCUT2D eigenvalue weighted by Gasteiger charge is 2.31. The van der Waals surface area contributed by atoms with Crippen LogP contribution in [0.5, 0.6) is 5.75 Å². The molecule has 0 saturated carbocycles. The molecule has 2 amide bonds. The van der Waals surface area contributed by atoms with E-state index in [4.69, 9.17) is 4.74 Å². The number of ether oxygens (including phenoxy) is 1. The van der Waals surface area contributed by atoms with Gasteiger partial charge in [0.1, 0.15) is 11.8 Å². The van der Waals surface area contributed by atoms with E-state index in [9.17, 15) is 9.59 Å². The Hall–Kier alpha value is -3.12. The fraction of sp³-hybridized carbons (Fsp3) is 0.333. The first kappa shape index (κ1) is 27.5. The minimum atomic E-state index is -0.673. The van der Waals surface area contributed by atoms with Gasteiger partial charge in [0, 0.05) is 24.0 Å². The Labute approximate surface area is 223 Å². The Balaban J connectivity index is 1.91. The van der Waals surface area contributed by atoms with Crippen molar-refractivity contribution in [3.05, 3.63) is 99.5 Å². The number of nitrogens with one attached hydrogen (secondary N) is 1. The zero-order valence-electron chi connectivity index (χ0n) is 21.5. The molecule has 6 heteroatoms. The number of carbonyl (C=O) groups is 2. The molecule has 190 valence electrons. The number of benzene rings is 3. The normalized spacial score (nSPS) is 11.7. The molecule has 0 aliphatic heterocycles. The van der Waals surface area contributed by atoms with Crippen molar-refractivity contribution in [3.63, 3.8) is 0 Å². The molecule has 5 nitrogen and oxygen atoms in total. The molecule has 0 fully saturated rings. The lowest BCUT2D eigenvalue weighted by atomic mass is 10.0. The van der Waals surface area contributed by atoms with Crippen molar-refractivity contribution in [3.8, 4) is 5.75 Å². The summed E-state index contributed by atoms with van der Waals surface area (Å²) in [6, 6.07) is 22.7. The summed E-state index contributed by atoms with van der Waals surface area (Å²) in [7, 11) is 0. The van der Waals surface area contributed by atoms with Crippen LogP contribution in [0.3, 0.4) is 0 Å². The molecule has 1 N–H and O–H groups in total. The first-order valence-corrected chi connectivity index (χ1v) is 13.1. The summed E-state index contributed by atoms with van der Waals surface area (Å²) < 4.78 is 6.87. The Morgan fingerprint density at radius 1 is 0.944 bits per heavy atom. The van der Waals surface area contributed by atoms with Gasteiger partial charge >= 0.3 is 0 Å². The van der Waals surface area contributed by atoms with Crippen LogP contribution in [0.1, 0.15) is 36.1 Å². The van der Waals surface area contributed by atoms with Crippen LogP contribution in [0, 0.1) is 19.8 Å². The molecule has 3 rings (SSSR count). The summed E-state index contributed by atoms with van der Waals surface area (Å²) in [6.45, 7) is 8.80. The molecule has 3 aromatic rings. The predicted molar refractivity (Wildman–Crippen MR) is 148 cm³/mol. The fourth-order valence-corrected chi connectivity index (χ4v) is 4.13. The third kappa shape index (κ3) is 7.95. The predicted octanol–water partition coefficient (Wildman–Crippen LogP) is 5.86. The third-order valence-electron chi connectivity index (χ3n) is 6.05. The molecule has 0 spiro atoms. The van der Waals surface area contributed by atoms with Gasteiger partial charge in [0.25, 0.3) is 5.91 Å². The van der Waals surface area contributed by atoms with E-state index in [1.807, 2.05) is 86.6 Å². The lowest BCUT2D eigenvalue weighted by Gasteiger charge is -2.32. The number of hydrogen-bond acceptors (Lipinski definition) is 3. The molecular weight excluding hydrogens is 516 g/mol. The summed E-state index contributed by atoms with van der Waals surface area (Å²) in [4.78, 5) is 28.8. The van der Waals surface area contributed by atoms with Crippen molar-refractivity contribution in [1.82, 2.24) is 10.2 Å². The van der Waals surface area contributed by atoms with Crippen LogP contribution in [-0.2, 0) is 22.6 Å². The SMILES string of the molecule is Cc1cc(OCC(=O)N(Cc2ccccc2C)[C@@H](Cc2ccccc2)C(=O)NCC(C)C)ccc1Br. The van der Waals surface area contributed by atoms with Crippen LogP contribution in [-0.4, -0.2) is 35.9 Å². The van der Waals surface area contributed by atoms with Crippen molar-refractivity contribution < 1.29 is 14.3 Å². The molecule has 0 aromatic heterocycles. The number of rotatable bonds is 11. The van der Waals surface area contributed by atoms with Gasteiger partial charge in [-0.2, -0.15) is 0 Å². The molecular formula is C30H35BrN2O3. The summed E-state index contributed by atoms with van der Waals surface area (Å²) >= 11 is 3.49. The van der Waals surface area contributed by atoms with Crippen molar-refractivity contribution in [2.45, 2.75) is 46.7 Å². The van der Waals surface area contributed by atoms with E-state index in [1.165, 1.54) is 0 Å². The van der Waals surface area contributed by atoms with Crippen LogP contribution in [0.15, 0.2) is 77.3 Å². The monoisotopic (exact) mass is 550 g/mol. The Bertz CT molecular complexity index is 1160. The second-order valence-corrected chi connectivity index (χ2v) is 10.3. The Kier molecular flexibility index (Phi) is 10.1. The molecule has 0 radical (unpaired) electrons. The van der Waals surface area contributed by atoms with Crippen molar-refractivity contribution in [2.24, 2.45) is 5.92 Å². The molecule has 0 aliphatic rings. The lowest BCUT2D eigenvalue weighted by Crippen LogP contribution is -2.52. The van der Waals surface area contributed by atoms with Gasteiger partial charge in [-0.15, -0.1) is 0 Å². The van der Waals surface area contributed by atoms with Crippen molar-refractivity contribution >= 4 is 27.7 Å². The molecule has 1 atom stereocenters. The van der Waals surface area contributed by atoms with E-state index in [0.717, 1.165) is 26.7 Å². The van der Waals surface area contributed by atoms with Gasteiger partial charge < -0.3 is 15.0 Å². The van der Waals surface area contributed by atoms with Gasteiger partial charge in [0.15, 0.2) is 6.61 Å². The van der Waals surface area contributed by atoms with E-state index in [0.29, 0.717) is 31.2 Å². The van der Waals surface area contributed by atoms with Gasteiger partial charge in [-0.3, -0.25) is 9.59 Å². The fourth-order valence-electron chi connectivity index (χ4n) is 3.88. The number of amides is 2. The van der Waals surface area contributed by atoms with Gasteiger partial charge in [-0.25, -0.2) is 0 Å². The van der Waals surface area contributed by atoms with E-state index in [1.54, 1.807) is 4.90 Å². The quantitative estimate of drug-likeness (QED) is 0.325. The maximum atomic E-state index is 13.7.